The first-order chi connectivity index (χ1) is 15.7. The van der Waals surface area contributed by atoms with Gasteiger partial charge in [-0.3, -0.25) is 4.79 Å². The molecule has 0 atom stereocenters. The largest absolute Gasteiger partial charge is 0.483 e. The van der Waals surface area contributed by atoms with Crippen molar-refractivity contribution >= 4 is 23.1 Å². The van der Waals surface area contributed by atoms with E-state index < -0.39 is 18.8 Å². The number of carbonyl (C=O) groups is 2. The van der Waals surface area contributed by atoms with E-state index in [1.54, 1.807) is 17.9 Å². The lowest BCUT2D eigenvalue weighted by molar-refractivity contribution is -0.153. The molecule has 0 radical (unpaired) electrons. The van der Waals surface area contributed by atoms with Crippen molar-refractivity contribution in [1.29, 1.82) is 0 Å². The number of alkyl halides is 3. The molecule has 1 aliphatic heterocycles. The maximum atomic E-state index is 12.9. The zero-order valence-corrected chi connectivity index (χ0v) is 19.8. The molecule has 2 aromatic rings. The molecule has 8 heteroatoms. The number of anilines is 1. The van der Waals surface area contributed by atoms with Crippen molar-refractivity contribution in [2.75, 3.05) is 18.1 Å². The van der Waals surface area contributed by atoms with Crippen LogP contribution in [0.25, 0.3) is 16.7 Å². The molecule has 1 heterocycles. The number of carboxylic acid groups (broad SMARTS) is 1. The van der Waals surface area contributed by atoms with Crippen molar-refractivity contribution in [3.8, 4) is 16.9 Å². The fourth-order valence-corrected chi connectivity index (χ4v) is 4.34. The van der Waals surface area contributed by atoms with Crippen LogP contribution in [0.1, 0.15) is 50.8 Å². The van der Waals surface area contributed by atoms with Crippen LogP contribution in [0.2, 0.25) is 0 Å². The molecule has 34 heavy (non-hydrogen) atoms. The highest BCUT2D eigenvalue weighted by molar-refractivity contribution is 5.99. The smallest absolute Gasteiger partial charge is 0.422 e. The number of aliphatic carboxylic acids is 1. The predicted octanol–water partition coefficient (Wildman–Crippen LogP) is 6.13. The number of ether oxygens (including phenoxy) is 1. The quantitative estimate of drug-likeness (QED) is 0.511. The van der Waals surface area contributed by atoms with Gasteiger partial charge in [0.25, 0.3) is 0 Å². The Labute approximate surface area is 196 Å². The SMILES string of the molecule is CCN1C(=O)CC(C)(C)c2cc(C)c(-c3cc(/C(C)=C\C(=O)O)ccc3OCC(F)(F)F)cc21. The Kier molecular flexibility index (Phi) is 6.82. The molecule has 1 amide bonds. The van der Waals surface area contributed by atoms with E-state index in [4.69, 9.17) is 9.84 Å². The summed E-state index contributed by atoms with van der Waals surface area (Å²) >= 11 is 0. The second kappa shape index (κ2) is 9.16. The Morgan fingerprint density at radius 2 is 1.88 bits per heavy atom. The topological polar surface area (TPSA) is 66.8 Å². The number of rotatable bonds is 6. The lowest BCUT2D eigenvalue weighted by Crippen LogP contribution is -2.41. The number of allylic oxidation sites excluding steroid dienone is 1. The molecular formula is C26H28F3NO4. The molecular weight excluding hydrogens is 447 g/mol. The van der Waals surface area contributed by atoms with Gasteiger partial charge in [-0.1, -0.05) is 26.0 Å². The number of amides is 1. The molecule has 1 N–H and O–H groups in total. The number of benzene rings is 2. The van der Waals surface area contributed by atoms with E-state index in [1.165, 1.54) is 12.1 Å². The first kappa shape index (κ1) is 25.3. The van der Waals surface area contributed by atoms with Crippen molar-refractivity contribution in [2.45, 2.75) is 52.6 Å². The van der Waals surface area contributed by atoms with Gasteiger partial charge in [0.05, 0.1) is 0 Å². The van der Waals surface area contributed by atoms with Gasteiger partial charge >= 0.3 is 12.1 Å². The molecule has 0 aromatic heterocycles. The highest BCUT2D eigenvalue weighted by atomic mass is 19.4. The summed E-state index contributed by atoms with van der Waals surface area (Å²) in [5.41, 5.74) is 4.12. The molecule has 5 nitrogen and oxygen atoms in total. The van der Waals surface area contributed by atoms with Crippen LogP contribution in [-0.2, 0) is 15.0 Å². The van der Waals surface area contributed by atoms with Gasteiger partial charge in [-0.2, -0.15) is 13.2 Å². The van der Waals surface area contributed by atoms with Gasteiger partial charge in [0.1, 0.15) is 5.75 Å². The summed E-state index contributed by atoms with van der Waals surface area (Å²) in [5.74, 6) is -1.12. The Morgan fingerprint density at radius 3 is 2.47 bits per heavy atom. The molecule has 2 aromatic carbocycles. The molecule has 3 rings (SSSR count). The van der Waals surface area contributed by atoms with Gasteiger partial charge in [0.15, 0.2) is 6.61 Å². The zero-order chi connectivity index (χ0) is 25.4. The minimum Gasteiger partial charge on any atom is -0.483 e. The number of carbonyl (C=O) groups excluding carboxylic acids is 1. The monoisotopic (exact) mass is 475 g/mol. The van der Waals surface area contributed by atoms with E-state index in [0.29, 0.717) is 40.9 Å². The molecule has 0 saturated carbocycles. The second-order valence-electron chi connectivity index (χ2n) is 9.16. The third kappa shape index (κ3) is 5.26. The number of halogens is 3. The normalized spacial score (nSPS) is 15.8. The van der Waals surface area contributed by atoms with Gasteiger partial charge in [-0.05, 0) is 66.8 Å². The summed E-state index contributed by atoms with van der Waals surface area (Å²) in [5, 5.41) is 9.10. The van der Waals surface area contributed by atoms with Crippen molar-refractivity contribution in [1.82, 2.24) is 0 Å². The van der Waals surface area contributed by atoms with Crippen LogP contribution < -0.4 is 9.64 Å². The maximum absolute atomic E-state index is 12.9. The standard InChI is InChI=1S/C26H28F3NO4/c1-6-30-21-12-18(16(3)9-20(21)25(4,5)13-23(30)31)19-11-17(15(2)10-24(32)33)7-8-22(19)34-14-26(27,28)29/h7-12H,6,13-14H2,1-5H3,(H,32,33)/b15-10-. The molecule has 0 bridgehead atoms. The molecule has 182 valence electrons. The Hall–Kier alpha value is -3.29. The predicted molar refractivity (Wildman–Crippen MR) is 125 cm³/mol. The third-order valence-electron chi connectivity index (χ3n) is 6.03. The molecule has 0 aliphatic carbocycles. The lowest BCUT2D eigenvalue weighted by Gasteiger charge is -2.39. The van der Waals surface area contributed by atoms with E-state index in [1.807, 2.05) is 39.8 Å². The third-order valence-corrected chi connectivity index (χ3v) is 6.03. The number of nitrogens with zero attached hydrogens (tertiary/aromatic N) is 1. The second-order valence-corrected chi connectivity index (χ2v) is 9.16. The Morgan fingerprint density at radius 1 is 1.21 bits per heavy atom. The minimum absolute atomic E-state index is 0.0164. The maximum Gasteiger partial charge on any atom is 0.422 e. The van der Waals surface area contributed by atoms with Crippen LogP contribution in [0.3, 0.4) is 0 Å². The fraction of sp³-hybridized carbons (Fsp3) is 0.385. The lowest BCUT2D eigenvalue weighted by atomic mass is 9.75. The molecule has 1 aliphatic rings. The summed E-state index contributed by atoms with van der Waals surface area (Å²) < 4.78 is 43.9. The summed E-state index contributed by atoms with van der Waals surface area (Å²) in [4.78, 5) is 25.6. The number of hydrogen-bond acceptors (Lipinski definition) is 3. The Bertz CT molecular complexity index is 1170. The fourth-order valence-electron chi connectivity index (χ4n) is 4.34. The van der Waals surface area contributed by atoms with Gasteiger partial charge in [0, 0.05) is 35.7 Å². The van der Waals surface area contributed by atoms with Crippen LogP contribution in [0, 0.1) is 6.92 Å². The first-order valence-corrected chi connectivity index (χ1v) is 10.9. The summed E-state index contributed by atoms with van der Waals surface area (Å²) in [6.07, 6.45) is -3.12. The van der Waals surface area contributed by atoms with Crippen LogP contribution in [0.15, 0.2) is 36.4 Å². The van der Waals surface area contributed by atoms with E-state index in [9.17, 15) is 22.8 Å². The van der Waals surface area contributed by atoms with E-state index in [0.717, 1.165) is 17.2 Å². The van der Waals surface area contributed by atoms with Crippen LogP contribution >= 0.6 is 0 Å². The van der Waals surface area contributed by atoms with Crippen LogP contribution in [-0.4, -0.2) is 36.3 Å². The minimum atomic E-state index is -4.52. The molecule has 0 fully saturated rings. The van der Waals surface area contributed by atoms with Crippen LogP contribution in [0.5, 0.6) is 5.75 Å². The van der Waals surface area contributed by atoms with Crippen molar-refractivity contribution in [3.63, 3.8) is 0 Å². The van der Waals surface area contributed by atoms with Gasteiger partial charge in [0.2, 0.25) is 5.91 Å². The van der Waals surface area contributed by atoms with Gasteiger partial charge in [-0.25, -0.2) is 4.79 Å². The van der Waals surface area contributed by atoms with Crippen molar-refractivity contribution < 1.29 is 32.6 Å². The number of carboxylic acids is 1. The number of fused-ring (bicyclic) bond motifs is 1. The van der Waals surface area contributed by atoms with Crippen molar-refractivity contribution in [3.05, 3.63) is 53.1 Å². The highest BCUT2D eigenvalue weighted by Crippen LogP contribution is 2.45. The summed E-state index contributed by atoms with van der Waals surface area (Å²) in [7, 11) is 0. The molecule has 0 unspecified atom stereocenters. The summed E-state index contributed by atoms with van der Waals surface area (Å²) in [6.45, 7) is 8.34. The van der Waals surface area contributed by atoms with E-state index >= 15 is 0 Å². The van der Waals surface area contributed by atoms with Crippen LogP contribution in [0.4, 0.5) is 18.9 Å². The van der Waals surface area contributed by atoms with E-state index in [-0.39, 0.29) is 17.1 Å². The van der Waals surface area contributed by atoms with Gasteiger partial charge in [-0.15, -0.1) is 0 Å². The Balaban J connectivity index is 2.24. The average molecular weight is 476 g/mol. The number of aryl methyl sites for hydroxylation is 1. The first-order valence-electron chi connectivity index (χ1n) is 10.9. The van der Waals surface area contributed by atoms with Gasteiger partial charge < -0.3 is 14.7 Å². The zero-order valence-electron chi connectivity index (χ0n) is 19.8. The molecule has 0 spiro atoms. The summed E-state index contributed by atoms with van der Waals surface area (Å²) in [6, 6.07) is 8.37. The highest BCUT2D eigenvalue weighted by Gasteiger charge is 2.37. The molecule has 0 saturated heterocycles. The number of hydrogen-bond donors (Lipinski definition) is 1. The van der Waals surface area contributed by atoms with Crippen molar-refractivity contribution in [2.24, 2.45) is 0 Å². The van der Waals surface area contributed by atoms with E-state index in [2.05, 4.69) is 0 Å². The average Bonchev–Trinajstić information content (AvgIpc) is 2.71.